The molecular formula is C25H18BrCl2NO4S. The number of ether oxygens (including phenoxy) is 2. The number of methoxy groups -OCH3 is 1. The first-order valence-electron chi connectivity index (χ1n) is 10.1. The monoisotopic (exact) mass is 577 g/mol. The van der Waals surface area contributed by atoms with E-state index in [0.29, 0.717) is 32.0 Å². The summed E-state index contributed by atoms with van der Waals surface area (Å²) in [5, 5.41) is 0.687. The molecule has 3 aromatic carbocycles. The summed E-state index contributed by atoms with van der Waals surface area (Å²) in [5.74, 6) is 0.570. The number of carbonyl (C=O) groups is 2. The first-order chi connectivity index (χ1) is 16.4. The maximum Gasteiger partial charge on any atom is 0.293 e. The van der Waals surface area contributed by atoms with E-state index in [2.05, 4.69) is 15.9 Å². The van der Waals surface area contributed by atoms with Crippen LogP contribution in [0.15, 0.2) is 70.0 Å². The number of benzene rings is 3. The van der Waals surface area contributed by atoms with Gasteiger partial charge in [-0.25, -0.2) is 0 Å². The van der Waals surface area contributed by atoms with Gasteiger partial charge in [0.2, 0.25) is 0 Å². The van der Waals surface area contributed by atoms with Crippen LogP contribution < -0.4 is 9.47 Å². The van der Waals surface area contributed by atoms with Crippen LogP contribution in [0.1, 0.15) is 16.7 Å². The first kappa shape index (κ1) is 24.7. The summed E-state index contributed by atoms with van der Waals surface area (Å²) in [5.41, 5.74) is 2.20. The second kappa shape index (κ2) is 10.9. The molecule has 0 N–H and O–H groups in total. The Morgan fingerprint density at radius 3 is 2.56 bits per heavy atom. The number of rotatable bonds is 7. The highest BCUT2D eigenvalue weighted by Crippen LogP contribution is 2.39. The van der Waals surface area contributed by atoms with Gasteiger partial charge in [0.15, 0.2) is 11.5 Å². The summed E-state index contributed by atoms with van der Waals surface area (Å²) in [7, 11) is 1.53. The van der Waals surface area contributed by atoms with Crippen LogP contribution in [0.25, 0.3) is 6.08 Å². The molecule has 1 fully saturated rings. The van der Waals surface area contributed by atoms with Crippen molar-refractivity contribution in [2.24, 2.45) is 0 Å². The fraction of sp³-hybridized carbons (Fsp3) is 0.120. The van der Waals surface area contributed by atoms with Gasteiger partial charge in [0.1, 0.15) is 6.61 Å². The van der Waals surface area contributed by atoms with Crippen molar-refractivity contribution in [1.29, 1.82) is 0 Å². The zero-order valence-electron chi connectivity index (χ0n) is 17.9. The van der Waals surface area contributed by atoms with E-state index < -0.39 is 0 Å². The average molecular weight is 579 g/mol. The summed E-state index contributed by atoms with van der Waals surface area (Å²) in [6.07, 6.45) is 1.65. The molecule has 4 rings (SSSR count). The molecule has 0 radical (unpaired) electrons. The van der Waals surface area contributed by atoms with E-state index >= 15 is 0 Å². The van der Waals surface area contributed by atoms with Gasteiger partial charge in [-0.3, -0.25) is 14.5 Å². The largest absolute Gasteiger partial charge is 0.493 e. The Morgan fingerprint density at radius 2 is 1.82 bits per heavy atom. The van der Waals surface area contributed by atoms with Gasteiger partial charge in [0, 0.05) is 25.6 Å². The molecule has 2 amide bonds. The van der Waals surface area contributed by atoms with E-state index in [4.69, 9.17) is 32.7 Å². The van der Waals surface area contributed by atoms with E-state index in [1.54, 1.807) is 42.5 Å². The number of carbonyl (C=O) groups excluding carboxylic acids is 2. The van der Waals surface area contributed by atoms with E-state index in [-0.39, 0.29) is 24.3 Å². The van der Waals surface area contributed by atoms with Crippen molar-refractivity contribution in [3.8, 4) is 11.5 Å². The van der Waals surface area contributed by atoms with Crippen LogP contribution in [-0.2, 0) is 17.9 Å². The summed E-state index contributed by atoms with van der Waals surface area (Å²) < 4.78 is 12.4. The topological polar surface area (TPSA) is 55.8 Å². The van der Waals surface area contributed by atoms with Crippen molar-refractivity contribution in [2.75, 3.05) is 7.11 Å². The smallest absolute Gasteiger partial charge is 0.293 e. The molecule has 174 valence electrons. The molecular weight excluding hydrogens is 561 g/mol. The van der Waals surface area contributed by atoms with Gasteiger partial charge in [-0.15, -0.1) is 0 Å². The van der Waals surface area contributed by atoms with Crippen molar-refractivity contribution in [3.05, 3.63) is 96.8 Å². The lowest BCUT2D eigenvalue weighted by Crippen LogP contribution is -2.27. The Bertz CT molecular complexity index is 1300. The van der Waals surface area contributed by atoms with Gasteiger partial charge in [-0.05, 0) is 47.7 Å². The van der Waals surface area contributed by atoms with Gasteiger partial charge < -0.3 is 9.47 Å². The summed E-state index contributed by atoms with van der Waals surface area (Å²) >= 11 is 16.6. The minimum absolute atomic E-state index is 0.167. The number of hydrogen-bond donors (Lipinski definition) is 0. The molecule has 0 spiro atoms. The van der Waals surface area contributed by atoms with Crippen molar-refractivity contribution in [1.82, 2.24) is 4.90 Å². The molecule has 0 bridgehead atoms. The maximum absolute atomic E-state index is 13.1. The van der Waals surface area contributed by atoms with Gasteiger partial charge >= 0.3 is 0 Å². The summed E-state index contributed by atoms with van der Waals surface area (Å²) in [4.78, 5) is 27.2. The molecule has 0 aliphatic carbocycles. The van der Waals surface area contributed by atoms with Crippen LogP contribution in [0.3, 0.4) is 0 Å². The van der Waals surface area contributed by atoms with Crippen molar-refractivity contribution >= 4 is 68.1 Å². The van der Waals surface area contributed by atoms with Crippen molar-refractivity contribution < 1.29 is 19.1 Å². The Balaban J connectivity index is 1.60. The van der Waals surface area contributed by atoms with Crippen LogP contribution in [0.2, 0.25) is 10.0 Å². The lowest BCUT2D eigenvalue weighted by molar-refractivity contribution is -0.123. The summed E-state index contributed by atoms with van der Waals surface area (Å²) in [6, 6.07) is 18.0. The van der Waals surface area contributed by atoms with Crippen LogP contribution in [0.4, 0.5) is 4.79 Å². The molecule has 34 heavy (non-hydrogen) atoms. The second-order valence-corrected chi connectivity index (χ2v) is 9.95. The number of nitrogens with zero attached hydrogens (tertiary/aromatic N) is 1. The third-order valence-corrected chi connectivity index (χ3v) is 7.33. The molecule has 0 unspecified atom stereocenters. The highest BCUT2D eigenvalue weighted by molar-refractivity contribution is 9.10. The Kier molecular flexibility index (Phi) is 7.88. The molecule has 1 heterocycles. The Hall–Kier alpha value is -2.45. The number of para-hydroxylation sites is 1. The predicted molar refractivity (Wildman–Crippen MR) is 139 cm³/mol. The molecule has 1 saturated heterocycles. The summed E-state index contributed by atoms with van der Waals surface area (Å²) in [6.45, 7) is 0.348. The number of amides is 2. The van der Waals surface area contributed by atoms with Crippen LogP contribution in [0, 0.1) is 0 Å². The standard InChI is InChI=1S/C25H18BrCl2NO4S/c1-32-21-8-4-6-15(23(21)33-14-17-9-10-18(27)12-20(17)28)11-22-24(30)29(25(31)34-22)13-16-5-2-3-7-19(16)26/h2-12H,13-14H2,1H3/b22-11+. The zero-order chi connectivity index (χ0) is 24.2. The number of hydrogen-bond acceptors (Lipinski definition) is 5. The Morgan fingerprint density at radius 1 is 1.03 bits per heavy atom. The molecule has 0 atom stereocenters. The lowest BCUT2D eigenvalue weighted by Gasteiger charge is -2.15. The van der Waals surface area contributed by atoms with E-state index in [0.717, 1.165) is 27.4 Å². The lowest BCUT2D eigenvalue weighted by atomic mass is 10.1. The van der Waals surface area contributed by atoms with Gasteiger partial charge in [-0.2, -0.15) is 0 Å². The first-order valence-corrected chi connectivity index (χ1v) is 12.5. The van der Waals surface area contributed by atoms with Crippen molar-refractivity contribution in [2.45, 2.75) is 13.2 Å². The SMILES string of the molecule is COc1cccc(/C=C2/SC(=O)N(Cc3ccccc3Br)C2=O)c1OCc1ccc(Cl)cc1Cl. The zero-order valence-corrected chi connectivity index (χ0v) is 21.8. The van der Waals surface area contributed by atoms with E-state index in [9.17, 15) is 9.59 Å². The van der Waals surface area contributed by atoms with Crippen LogP contribution in [0.5, 0.6) is 11.5 Å². The normalized spacial score (nSPS) is 14.7. The quantitative estimate of drug-likeness (QED) is 0.270. The fourth-order valence-corrected chi connectivity index (χ4v) is 5.03. The highest BCUT2D eigenvalue weighted by Gasteiger charge is 2.35. The maximum atomic E-state index is 13.1. The molecule has 3 aromatic rings. The molecule has 0 aromatic heterocycles. The Labute approximate surface area is 219 Å². The predicted octanol–water partition coefficient (Wildman–Crippen LogP) is 7.58. The van der Waals surface area contributed by atoms with Crippen molar-refractivity contribution in [3.63, 3.8) is 0 Å². The second-order valence-electron chi connectivity index (χ2n) is 7.26. The third kappa shape index (κ3) is 5.44. The van der Waals surface area contributed by atoms with Crippen LogP contribution in [-0.4, -0.2) is 23.2 Å². The number of halogens is 3. The molecule has 9 heteroatoms. The highest BCUT2D eigenvalue weighted by atomic mass is 79.9. The van der Waals surface area contributed by atoms with E-state index in [1.807, 2.05) is 24.3 Å². The van der Waals surface area contributed by atoms with Gasteiger partial charge in [0.25, 0.3) is 11.1 Å². The molecule has 5 nitrogen and oxygen atoms in total. The molecule has 1 aliphatic heterocycles. The molecule has 1 aliphatic rings. The third-order valence-electron chi connectivity index (χ3n) is 5.06. The minimum Gasteiger partial charge on any atom is -0.493 e. The fourth-order valence-electron chi connectivity index (χ4n) is 3.32. The van der Waals surface area contributed by atoms with Crippen LogP contribution >= 0.6 is 50.9 Å². The van der Waals surface area contributed by atoms with Gasteiger partial charge in [0.05, 0.1) is 18.6 Å². The molecule has 0 saturated carbocycles. The van der Waals surface area contributed by atoms with E-state index in [1.165, 1.54) is 12.0 Å². The van der Waals surface area contributed by atoms with Gasteiger partial charge in [-0.1, -0.05) is 75.5 Å². The minimum atomic E-state index is -0.361. The number of imide groups is 1. The average Bonchev–Trinajstić information content (AvgIpc) is 3.07. The number of thioether (sulfide) groups is 1.